The molecule has 0 saturated carbocycles. The van der Waals surface area contributed by atoms with Crippen molar-refractivity contribution in [2.24, 2.45) is 4.99 Å². The molecule has 48 heavy (non-hydrogen) atoms. The third-order valence-corrected chi connectivity index (χ3v) is 8.89. The molecule has 7 heteroatoms. The Labute approximate surface area is 287 Å². The number of aliphatic imine (C=N–C) groups is 1. The van der Waals surface area contributed by atoms with Crippen LogP contribution < -0.4 is 15.0 Å². The zero-order valence-corrected chi connectivity index (χ0v) is 29.3. The summed E-state index contributed by atoms with van der Waals surface area (Å²) in [6.45, 7) is 10.2. The minimum atomic E-state index is -0.494. The van der Waals surface area contributed by atoms with Gasteiger partial charge in [0, 0.05) is 29.9 Å². The fraction of sp³-hybridized carbons (Fsp3) is 0.439. The van der Waals surface area contributed by atoms with Crippen molar-refractivity contribution in [1.82, 2.24) is 0 Å². The average molecular weight is 652 g/mol. The van der Waals surface area contributed by atoms with E-state index in [4.69, 9.17) is 9.73 Å². The predicted molar refractivity (Wildman–Crippen MR) is 198 cm³/mol. The molecule has 2 N–H and O–H groups in total. The van der Waals surface area contributed by atoms with Gasteiger partial charge in [-0.15, -0.1) is 0 Å². The molecule has 0 fully saturated rings. The number of ketones is 1. The number of unbranched alkanes of at least 4 members (excludes halogenated alkanes) is 9. The Kier molecular flexibility index (Phi) is 14.4. The highest BCUT2D eigenvalue weighted by Crippen LogP contribution is 2.31. The van der Waals surface area contributed by atoms with Gasteiger partial charge in [0.15, 0.2) is 5.78 Å². The Bertz CT molecular complexity index is 1590. The lowest BCUT2D eigenvalue weighted by Gasteiger charge is -2.23. The molecule has 0 unspecified atom stereocenters. The van der Waals surface area contributed by atoms with Crippen LogP contribution >= 0.6 is 0 Å². The van der Waals surface area contributed by atoms with Crippen LogP contribution in [0.2, 0.25) is 0 Å². The molecule has 1 aliphatic rings. The van der Waals surface area contributed by atoms with Crippen LogP contribution in [0.15, 0.2) is 77.3 Å². The number of aryl methyl sites for hydroxylation is 2. The smallest absolute Gasteiger partial charge is 0.259 e. The second-order valence-corrected chi connectivity index (χ2v) is 12.7. The Hall–Kier alpha value is -4.23. The summed E-state index contributed by atoms with van der Waals surface area (Å²) in [5.74, 6) is -0.232. The molecule has 0 atom stereocenters. The summed E-state index contributed by atoms with van der Waals surface area (Å²) in [4.78, 5) is 34.4. The molecular formula is C41H53N3O4. The van der Waals surface area contributed by atoms with Gasteiger partial charge in [0.05, 0.1) is 35.9 Å². The van der Waals surface area contributed by atoms with Gasteiger partial charge in [-0.05, 0) is 74.7 Å². The molecule has 0 aliphatic heterocycles. The van der Waals surface area contributed by atoms with Crippen molar-refractivity contribution < 1.29 is 19.4 Å². The summed E-state index contributed by atoms with van der Waals surface area (Å²) >= 11 is 0. The van der Waals surface area contributed by atoms with Gasteiger partial charge in [-0.25, -0.2) is 4.99 Å². The number of ether oxygens (including phenoxy) is 1. The maximum absolute atomic E-state index is 13.8. The maximum Gasteiger partial charge on any atom is 0.259 e. The third-order valence-electron chi connectivity index (χ3n) is 8.89. The summed E-state index contributed by atoms with van der Waals surface area (Å²) < 4.78 is 6.14. The molecule has 7 nitrogen and oxygen atoms in total. The van der Waals surface area contributed by atoms with E-state index < -0.39 is 5.91 Å². The number of amides is 1. The van der Waals surface area contributed by atoms with E-state index in [-0.39, 0.29) is 18.0 Å². The predicted octanol–water partition coefficient (Wildman–Crippen LogP) is 9.30. The number of rotatable bonds is 19. The first-order valence-electron chi connectivity index (χ1n) is 17.8. The molecule has 0 spiro atoms. The van der Waals surface area contributed by atoms with Gasteiger partial charge in [0.2, 0.25) is 0 Å². The van der Waals surface area contributed by atoms with Crippen molar-refractivity contribution in [3.05, 3.63) is 94.6 Å². The number of likely N-dealkylation sites (N-methyl/N-ethyl adjacent to an activating group) is 1. The molecule has 0 heterocycles. The monoisotopic (exact) mass is 651 g/mol. The number of aliphatic hydroxyl groups excluding tert-OH is 1. The van der Waals surface area contributed by atoms with Crippen LogP contribution in [-0.4, -0.2) is 48.8 Å². The molecule has 0 radical (unpaired) electrons. The maximum atomic E-state index is 13.8. The van der Waals surface area contributed by atoms with E-state index in [1.165, 1.54) is 51.4 Å². The summed E-state index contributed by atoms with van der Waals surface area (Å²) in [6, 6.07) is 19.0. The van der Waals surface area contributed by atoms with E-state index in [1.807, 2.05) is 62.4 Å². The Morgan fingerprint density at radius 2 is 1.54 bits per heavy atom. The van der Waals surface area contributed by atoms with Gasteiger partial charge in [0.1, 0.15) is 5.75 Å². The summed E-state index contributed by atoms with van der Waals surface area (Å²) in [6.07, 6.45) is 14.1. The highest BCUT2D eigenvalue weighted by atomic mass is 16.5. The number of benzene rings is 3. The van der Waals surface area contributed by atoms with Crippen LogP contribution in [0.4, 0.5) is 17.1 Å². The first-order chi connectivity index (χ1) is 23.4. The number of Topliss-reactive ketones (excluding diaryl/α,β-unsaturated/α-hetero) is 1. The van der Waals surface area contributed by atoms with Crippen molar-refractivity contribution in [2.45, 2.75) is 91.9 Å². The lowest BCUT2D eigenvalue weighted by molar-refractivity contribution is -0.112. The number of nitrogens with one attached hydrogen (secondary N) is 1. The van der Waals surface area contributed by atoms with Gasteiger partial charge in [-0.2, -0.15) is 0 Å². The van der Waals surface area contributed by atoms with Crippen molar-refractivity contribution in [2.75, 3.05) is 36.5 Å². The Balaban J connectivity index is 1.46. The fourth-order valence-corrected chi connectivity index (χ4v) is 6.10. The minimum Gasteiger partial charge on any atom is -0.491 e. The Morgan fingerprint density at radius 1 is 0.854 bits per heavy atom. The highest BCUT2D eigenvalue weighted by Gasteiger charge is 2.29. The zero-order valence-electron chi connectivity index (χ0n) is 29.3. The second-order valence-electron chi connectivity index (χ2n) is 12.7. The quantitative estimate of drug-likeness (QED) is 0.0996. The molecule has 4 rings (SSSR count). The number of aliphatic hydroxyl groups is 1. The second kappa shape index (κ2) is 18.9. The number of hydrogen-bond donors (Lipinski definition) is 2. The standard InChI is InChI=1S/C41H53N3O4/c1-5-7-8-9-10-11-12-13-14-17-26-48-39-23-20-30(3)27-38(39)43-41(47)35-29-37(33-18-15-16-19-34(33)40(35)46)42-36-22-21-32(28-31(36)4)44(6-2)24-25-45/h15-16,18-23,27-29,45H,5-14,17,24-26H2,1-4H3,(H,43,47). The van der Waals surface area contributed by atoms with Crippen molar-refractivity contribution in [3.63, 3.8) is 0 Å². The van der Waals surface area contributed by atoms with E-state index >= 15 is 0 Å². The van der Waals surface area contributed by atoms with Gasteiger partial charge < -0.3 is 20.1 Å². The van der Waals surface area contributed by atoms with Gasteiger partial charge >= 0.3 is 0 Å². The van der Waals surface area contributed by atoms with Crippen molar-refractivity contribution in [3.8, 4) is 5.75 Å². The molecular weight excluding hydrogens is 598 g/mol. The number of fused-ring (bicyclic) bond motifs is 1. The highest BCUT2D eigenvalue weighted by molar-refractivity contribution is 6.37. The molecule has 3 aromatic rings. The summed E-state index contributed by atoms with van der Waals surface area (Å²) in [5.41, 5.74) is 5.95. The van der Waals surface area contributed by atoms with E-state index in [0.29, 0.717) is 41.4 Å². The van der Waals surface area contributed by atoms with Crippen molar-refractivity contribution in [1.29, 1.82) is 0 Å². The van der Waals surface area contributed by atoms with Crippen LogP contribution in [-0.2, 0) is 4.79 Å². The first-order valence-corrected chi connectivity index (χ1v) is 17.8. The number of carbonyl (C=O) groups excluding carboxylic acids is 2. The van der Waals surface area contributed by atoms with Crippen LogP contribution in [0, 0.1) is 13.8 Å². The summed E-state index contributed by atoms with van der Waals surface area (Å²) in [5, 5.41) is 12.4. The van der Waals surface area contributed by atoms with E-state index in [1.54, 1.807) is 18.2 Å². The number of carbonyl (C=O) groups is 2. The molecule has 3 aromatic carbocycles. The van der Waals surface area contributed by atoms with Crippen LogP contribution in [0.25, 0.3) is 0 Å². The number of anilines is 2. The van der Waals surface area contributed by atoms with E-state index in [0.717, 1.165) is 41.9 Å². The zero-order chi connectivity index (χ0) is 34.3. The largest absolute Gasteiger partial charge is 0.491 e. The minimum absolute atomic E-state index is 0.0315. The number of hydrogen-bond acceptors (Lipinski definition) is 6. The topological polar surface area (TPSA) is 91.2 Å². The van der Waals surface area contributed by atoms with E-state index in [9.17, 15) is 14.7 Å². The lowest BCUT2D eigenvalue weighted by atomic mass is 9.88. The van der Waals surface area contributed by atoms with Crippen LogP contribution in [0.1, 0.15) is 105 Å². The SMILES string of the molecule is CCCCCCCCCCCCOc1ccc(C)cc1NC(=O)C1=CC(=Nc2ccc(N(CC)CCO)cc2C)c2ccccc2C1=O. The molecule has 0 saturated heterocycles. The van der Waals surface area contributed by atoms with Gasteiger partial charge in [-0.3, -0.25) is 9.59 Å². The van der Waals surface area contributed by atoms with Crippen LogP contribution in [0.5, 0.6) is 5.75 Å². The van der Waals surface area contributed by atoms with Crippen molar-refractivity contribution >= 4 is 34.5 Å². The van der Waals surface area contributed by atoms with Gasteiger partial charge in [0.25, 0.3) is 5.91 Å². The molecule has 1 amide bonds. The summed E-state index contributed by atoms with van der Waals surface area (Å²) in [7, 11) is 0. The van der Waals surface area contributed by atoms with E-state index in [2.05, 4.69) is 24.1 Å². The number of nitrogens with zero attached hydrogens (tertiary/aromatic N) is 2. The normalized spacial score (nSPS) is 13.3. The molecule has 0 aromatic heterocycles. The first kappa shape index (κ1) is 36.6. The molecule has 1 aliphatic carbocycles. The molecule has 256 valence electrons. The Morgan fingerprint density at radius 3 is 2.21 bits per heavy atom. The molecule has 0 bridgehead atoms. The lowest BCUT2D eigenvalue weighted by Crippen LogP contribution is -2.27. The number of allylic oxidation sites excluding steroid dienone is 1. The third kappa shape index (κ3) is 10.1. The average Bonchev–Trinajstić information content (AvgIpc) is 3.09. The van der Waals surface area contributed by atoms with Gasteiger partial charge in [-0.1, -0.05) is 95.0 Å². The van der Waals surface area contributed by atoms with Crippen LogP contribution in [0.3, 0.4) is 0 Å². The fourth-order valence-electron chi connectivity index (χ4n) is 6.10.